The van der Waals surface area contributed by atoms with Gasteiger partial charge in [-0.15, -0.1) is 0 Å². The first-order valence-electron chi connectivity index (χ1n) is 8.04. The maximum atomic E-state index is 12.7. The molecule has 0 spiro atoms. The zero-order valence-corrected chi connectivity index (χ0v) is 13.7. The van der Waals surface area contributed by atoms with E-state index in [4.69, 9.17) is 4.74 Å². The largest absolute Gasteiger partial charge is 0.508 e. The Balaban J connectivity index is 1.86. The molecule has 2 aromatic rings. The standard InChI is InChI=1S/C21H20O3/c1-24-20-7-2-4-16(14-20)13-18-6-3-5-17(21(18)23)12-15-8-10-19(22)11-9-15/h2,4,7-14,22H,3,5-6H2,1H3/b17-12+,18-13+. The molecule has 0 bridgehead atoms. The number of aromatic hydroxyl groups is 1. The molecule has 0 amide bonds. The van der Waals surface area contributed by atoms with Gasteiger partial charge >= 0.3 is 0 Å². The summed E-state index contributed by atoms with van der Waals surface area (Å²) in [7, 11) is 1.64. The Morgan fingerprint density at radius 3 is 2.29 bits per heavy atom. The molecule has 0 aromatic heterocycles. The molecule has 0 unspecified atom stereocenters. The number of phenolic OH excluding ortho intramolecular Hbond substituents is 1. The van der Waals surface area contributed by atoms with Crippen molar-refractivity contribution < 1.29 is 14.6 Å². The molecule has 1 aliphatic rings. The van der Waals surface area contributed by atoms with E-state index < -0.39 is 0 Å². The Labute approximate surface area is 141 Å². The van der Waals surface area contributed by atoms with E-state index in [1.54, 1.807) is 19.2 Å². The van der Waals surface area contributed by atoms with E-state index in [-0.39, 0.29) is 11.5 Å². The molecule has 24 heavy (non-hydrogen) atoms. The highest BCUT2D eigenvalue weighted by Gasteiger charge is 2.20. The third kappa shape index (κ3) is 3.74. The molecule has 122 valence electrons. The molecule has 1 aliphatic carbocycles. The fraction of sp³-hybridized carbons (Fsp3) is 0.190. The molecule has 3 heteroatoms. The highest BCUT2D eigenvalue weighted by atomic mass is 16.5. The van der Waals surface area contributed by atoms with Crippen molar-refractivity contribution in [2.45, 2.75) is 19.3 Å². The molecular weight excluding hydrogens is 300 g/mol. The molecule has 0 saturated heterocycles. The van der Waals surface area contributed by atoms with Gasteiger partial charge < -0.3 is 9.84 Å². The number of ether oxygens (including phenoxy) is 1. The first kappa shape index (κ1) is 16.1. The van der Waals surface area contributed by atoms with Gasteiger partial charge in [-0.3, -0.25) is 4.79 Å². The van der Waals surface area contributed by atoms with Gasteiger partial charge in [-0.25, -0.2) is 0 Å². The predicted molar refractivity (Wildman–Crippen MR) is 95.9 cm³/mol. The van der Waals surface area contributed by atoms with Crippen LogP contribution in [0.4, 0.5) is 0 Å². The number of methoxy groups -OCH3 is 1. The average molecular weight is 320 g/mol. The SMILES string of the molecule is COc1cccc(/C=C2\CCC/C(=C\c3ccc(O)cc3)C2=O)c1. The third-order valence-electron chi connectivity index (χ3n) is 4.14. The fourth-order valence-electron chi connectivity index (χ4n) is 2.88. The number of carbonyl (C=O) groups is 1. The summed E-state index contributed by atoms with van der Waals surface area (Å²) >= 11 is 0. The number of benzene rings is 2. The van der Waals surface area contributed by atoms with Crippen LogP contribution in [-0.4, -0.2) is 18.0 Å². The van der Waals surface area contributed by atoms with Gasteiger partial charge in [0, 0.05) is 11.1 Å². The molecule has 1 fully saturated rings. The maximum Gasteiger partial charge on any atom is 0.185 e. The van der Waals surface area contributed by atoms with Crippen LogP contribution in [0.3, 0.4) is 0 Å². The van der Waals surface area contributed by atoms with Crippen molar-refractivity contribution in [1.29, 1.82) is 0 Å². The Morgan fingerprint density at radius 1 is 0.958 bits per heavy atom. The number of Topliss-reactive ketones (excluding diaryl/α,β-unsaturated/α-hetero) is 1. The summed E-state index contributed by atoms with van der Waals surface area (Å²) in [5.41, 5.74) is 3.56. The predicted octanol–water partition coefficient (Wildman–Crippen LogP) is 4.62. The van der Waals surface area contributed by atoms with Crippen LogP contribution in [0.1, 0.15) is 30.4 Å². The van der Waals surface area contributed by atoms with Gasteiger partial charge in [-0.05, 0) is 66.8 Å². The first-order valence-corrected chi connectivity index (χ1v) is 8.04. The first-order chi connectivity index (χ1) is 11.7. The molecule has 2 aromatic carbocycles. The summed E-state index contributed by atoms with van der Waals surface area (Å²) in [6.07, 6.45) is 6.42. The Kier molecular flexibility index (Phi) is 4.80. The minimum Gasteiger partial charge on any atom is -0.508 e. The summed E-state index contributed by atoms with van der Waals surface area (Å²) in [6, 6.07) is 14.6. The van der Waals surface area contributed by atoms with E-state index >= 15 is 0 Å². The lowest BCUT2D eigenvalue weighted by atomic mass is 9.87. The number of allylic oxidation sites excluding steroid dienone is 2. The second-order valence-corrected chi connectivity index (χ2v) is 5.89. The van der Waals surface area contributed by atoms with Gasteiger partial charge in [0.25, 0.3) is 0 Å². The Bertz CT molecular complexity index is 798. The second kappa shape index (κ2) is 7.18. The fourth-order valence-corrected chi connectivity index (χ4v) is 2.88. The number of hydrogen-bond donors (Lipinski definition) is 1. The molecule has 0 aliphatic heterocycles. The molecule has 3 rings (SSSR count). The van der Waals surface area contributed by atoms with Crippen molar-refractivity contribution in [1.82, 2.24) is 0 Å². The van der Waals surface area contributed by atoms with E-state index in [1.165, 1.54) is 0 Å². The van der Waals surface area contributed by atoms with Crippen LogP contribution < -0.4 is 4.74 Å². The summed E-state index contributed by atoms with van der Waals surface area (Å²) in [5, 5.41) is 9.36. The lowest BCUT2D eigenvalue weighted by Crippen LogP contribution is -2.12. The van der Waals surface area contributed by atoms with Crippen LogP contribution in [0.2, 0.25) is 0 Å². The summed E-state index contributed by atoms with van der Waals surface area (Å²) < 4.78 is 5.23. The number of phenols is 1. The van der Waals surface area contributed by atoms with Crippen molar-refractivity contribution in [3.63, 3.8) is 0 Å². The van der Waals surface area contributed by atoms with E-state index in [0.717, 1.165) is 47.3 Å². The molecule has 0 atom stereocenters. The highest BCUT2D eigenvalue weighted by molar-refractivity contribution is 6.13. The number of hydrogen-bond acceptors (Lipinski definition) is 3. The van der Waals surface area contributed by atoms with Gasteiger partial charge in [0.15, 0.2) is 5.78 Å². The Morgan fingerprint density at radius 2 is 1.62 bits per heavy atom. The number of carbonyl (C=O) groups excluding carboxylic acids is 1. The topological polar surface area (TPSA) is 46.5 Å². The van der Waals surface area contributed by atoms with Crippen molar-refractivity contribution in [2.24, 2.45) is 0 Å². The summed E-state index contributed by atoms with van der Waals surface area (Å²) in [5.74, 6) is 1.12. The molecule has 1 saturated carbocycles. The molecule has 0 radical (unpaired) electrons. The zero-order chi connectivity index (χ0) is 16.9. The third-order valence-corrected chi connectivity index (χ3v) is 4.14. The zero-order valence-electron chi connectivity index (χ0n) is 13.7. The second-order valence-electron chi connectivity index (χ2n) is 5.89. The van der Waals surface area contributed by atoms with Crippen molar-refractivity contribution in [2.75, 3.05) is 7.11 Å². The quantitative estimate of drug-likeness (QED) is 0.839. The minimum absolute atomic E-state index is 0.108. The van der Waals surface area contributed by atoms with Crippen LogP contribution in [0.15, 0.2) is 59.7 Å². The van der Waals surface area contributed by atoms with Crippen molar-refractivity contribution in [3.8, 4) is 11.5 Å². The monoisotopic (exact) mass is 320 g/mol. The van der Waals surface area contributed by atoms with Crippen LogP contribution >= 0.6 is 0 Å². The smallest absolute Gasteiger partial charge is 0.185 e. The van der Waals surface area contributed by atoms with Crippen molar-refractivity contribution >= 4 is 17.9 Å². The van der Waals surface area contributed by atoms with Gasteiger partial charge in [-0.1, -0.05) is 24.3 Å². The van der Waals surface area contributed by atoms with E-state index in [9.17, 15) is 9.90 Å². The van der Waals surface area contributed by atoms with Crippen molar-refractivity contribution in [3.05, 3.63) is 70.8 Å². The highest BCUT2D eigenvalue weighted by Crippen LogP contribution is 2.28. The molecule has 3 nitrogen and oxygen atoms in total. The van der Waals surface area contributed by atoms with E-state index in [0.29, 0.717) is 0 Å². The Hall–Kier alpha value is -2.81. The lowest BCUT2D eigenvalue weighted by molar-refractivity contribution is -0.112. The van der Waals surface area contributed by atoms with Gasteiger partial charge in [-0.2, -0.15) is 0 Å². The van der Waals surface area contributed by atoms with E-state index in [2.05, 4.69) is 0 Å². The number of rotatable bonds is 3. The summed E-state index contributed by atoms with van der Waals surface area (Å²) in [6.45, 7) is 0. The van der Waals surface area contributed by atoms with Crippen LogP contribution in [-0.2, 0) is 4.79 Å². The van der Waals surface area contributed by atoms with E-state index in [1.807, 2.05) is 48.6 Å². The average Bonchev–Trinajstić information content (AvgIpc) is 2.60. The van der Waals surface area contributed by atoms with Gasteiger partial charge in [0.1, 0.15) is 11.5 Å². The minimum atomic E-state index is 0.108. The number of ketones is 1. The van der Waals surface area contributed by atoms with Gasteiger partial charge in [0.05, 0.1) is 7.11 Å². The summed E-state index contributed by atoms with van der Waals surface area (Å²) in [4.78, 5) is 12.7. The van der Waals surface area contributed by atoms with Gasteiger partial charge in [0.2, 0.25) is 0 Å². The van der Waals surface area contributed by atoms with Crippen LogP contribution in [0, 0.1) is 0 Å². The lowest BCUT2D eigenvalue weighted by Gasteiger charge is -2.16. The molecular formula is C21H20O3. The van der Waals surface area contributed by atoms with Crippen LogP contribution in [0.25, 0.3) is 12.2 Å². The van der Waals surface area contributed by atoms with Crippen LogP contribution in [0.5, 0.6) is 11.5 Å². The maximum absolute atomic E-state index is 12.7. The molecule has 0 heterocycles. The molecule has 1 N–H and O–H groups in total. The normalized spacial score (nSPS) is 18.1.